The summed E-state index contributed by atoms with van der Waals surface area (Å²) >= 11 is 0. The van der Waals surface area contributed by atoms with Crippen molar-refractivity contribution in [1.82, 2.24) is 0 Å². The first-order valence-corrected chi connectivity index (χ1v) is 8.99. The number of carbonyl (C=O) groups excluding carboxylic acids is 2. The van der Waals surface area contributed by atoms with E-state index < -0.39 is 0 Å². The molecule has 0 amide bonds. The van der Waals surface area contributed by atoms with Crippen LogP contribution < -0.4 is 0 Å². The summed E-state index contributed by atoms with van der Waals surface area (Å²) in [5.41, 5.74) is 5.99. The highest BCUT2D eigenvalue weighted by Gasteiger charge is 1.98. The van der Waals surface area contributed by atoms with Gasteiger partial charge in [0.25, 0.3) is 0 Å². The van der Waals surface area contributed by atoms with Gasteiger partial charge in [-0.1, -0.05) is 60.7 Å². The summed E-state index contributed by atoms with van der Waals surface area (Å²) < 4.78 is 0. The van der Waals surface area contributed by atoms with Crippen molar-refractivity contribution in [3.63, 3.8) is 0 Å². The zero-order chi connectivity index (χ0) is 20.2. The smallest absolute Gasteiger partial charge is 0.211 e. The molecule has 4 heteroatoms. The maximum Gasteiger partial charge on any atom is 0.240 e. The standard InChI is InChI=1S/C15H16.C9H6N2O2/c1-13-7-5-6-10-15(13)12-11-14-8-3-2-4-9-14;1-7-2-3-8(10-5-12)4-9(7)11-6-13/h2-10H,11-12H2,1H3;2-4H,1H3. The molecule has 0 aliphatic heterocycles. The van der Waals surface area contributed by atoms with Crippen LogP contribution in [0.15, 0.2) is 82.8 Å². The van der Waals surface area contributed by atoms with Gasteiger partial charge in [-0.15, -0.1) is 0 Å². The molecular weight excluding hydrogens is 348 g/mol. The molecule has 3 aromatic rings. The lowest BCUT2D eigenvalue weighted by molar-refractivity contribution is 0.565. The molecule has 4 nitrogen and oxygen atoms in total. The number of benzene rings is 3. The lowest BCUT2D eigenvalue weighted by atomic mass is 10.0. The minimum Gasteiger partial charge on any atom is -0.211 e. The summed E-state index contributed by atoms with van der Waals surface area (Å²) in [6.07, 6.45) is 5.10. The normalized spacial score (nSPS) is 9.36. The van der Waals surface area contributed by atoms with Crippen LogP contribution in [-0.2, 0) is 22.4 Å². The molecule has 0 aliphatic rings. The molecule has 0 saturated carbocycles. The van der Waals surface area contributed by atoms with Crippen LogP contribution in [0.1, 0.15) is 22.3 Å². The Morgan fingerprint density at radius 3 is 2.07 bits per heavy atom. The minimum absolute atomic E-state index is 0.426. The Morgan fingerprint density at radius 1 is 0.714 bits per heavy atom. The Kier molecular flexibility index (Phi) is 8.29. The number of isocyanates is 2. The molecule has 140 valence electrons. The lowest BCUT2D eigenvalue weighted by Crippen LogP contribution is -1.93. The Labute approximate surface area is 165 Å². The van der Waals surface area contributed by atoms with Crippen molar-refractivity contribution in [2.75, 3.05) is 0 Å². The second kappa shape index (κ2) is 11.2. The van der Waals surface area contributed by atoms with Crippen molar-refractivity contribution in [3.05, 3.63) is 95.1 Å². The van der Waals surface area contributed by atoms with E-state index in [2.05, 4.69) is 71.5 Å². The highest BCUT2D eigenvalue weighted by Crippen LogP contribution is 2.23. The van der Waals surface area contributed by atoms with Crippen molar-refractivity contribution < 1.29 is 9.59 Å². The van der Waals surface area contributed by atoms with Crippen molar-refractivity contribution in [2.45, 2.75) is 26.7 Å². The van der Waals surface area contributed by atoms with Crippen LogP contribution in [0, 0.1) is 13.8 Å². The van der Waals surface area contributed by atoms with Gasteiger partial charge in [0.2, 0.25) is 12.2 Å². The van der Waals surface area contributed by atoms with Crippen LogP contribution in [0.25, 0.3) is 0 Å². The van der Waals surface area contributed by atoms with Crippen LogP contribution in [0.5, 0.6) is 0 Å². The molecule has 0 unspecified atom stereocenters. The van der Waals surface area contributed by atoms with E-state index in [1.165, 1.54) is 34.9 Å². The van der Waals surface area contributed by atoms with Gasteiger partial charge in [-0.3, -0.25) is 0 Å². The van der Waals surface area contributed by atoms with Gasteiger partial charge in [-0.05, 0) is 61.1 Å². The van der Waals surface area contributed by atoms with Crippen LogP contribution >= 0.6 is 0 Å². The summed E-state index contributed by atoms with van der Waals surface area (Å²) in [6, 6.07) is 24.2. The molecule has 0 saturated heterocycles. The Hall–Kier alpha value is -3.58. The molecule has 0 bridgehead atoms. The van der Waals surface area contributed by atoms with Gasteiger partial charge in [0.15, 0.2) is 0 Å². The topological polar surface area (TPSA) is 58.9 Å². The number of hydrogen-bond acceptors (Lipinski definition) is 4. The first kappa shape index (κ1) is 20.7. The van der Waals surface area contributed by atoms with E-state index in [-0.39, 0.29) is 0 Å². The predicted molar refractivity (Wildman–Crippen MR) is 112 cm³/mol. The molecule has 0 heterocycles. The summed E-state index contributed by atoms with van der Waals surface area (Å²) in [5, 5.41) is 0. The predicted octanol–water partition coefficient (Wildman–Crippen LogP) is 5.71. The molecule has 0 spiro atoms. The lowest BCUT2D eigenvalue weighted by Gasteiger charge is -2.05. The van der Waals surface area contributed by atoms with Gasteiger partial charge in [-0.25, -0.2) is 9.59 Å². The SMILES string of the molecule is Cc1ccc(N=C=O)cc1N=C=O.Cc1ccccc1CCc1ccccc1. The molecule has 0 aliphatic carbocycles. The third kappa shape index (κ3) is 6.62. The molecule has 0 radical (unpaired) electrons. The molecule has 0 fully saturated rings. The Balaban J connectivity index is 0.000000203. The van der Waals surface area contributed by atoms with Crippen LogP contribution in [0.4, 0.5) is 11.4 Å². The van der Waals surface area contributed by atoms with Gasteiger partial charge < -0.3 is 0 Å². The first-order chi connectivity index (χ1) is 13.6. The fourth-order valence-electron chi connectivity index (χ4n) is 2.70. The first-order valence-electron chi connectivity index (χ1n) is 8.99. The third-order valence-electron chi connectivity index (χ3n) is 4.32. The fraction of sp³-hybridized carbons (Fsp3) is 0.167. The van der Waals surface area contributed by atoms with E-state index in [0.29, 0.717) is 11.4 Å². The molecule has 28 heavy (non-hydrogen) atoms. The van der Waals surface area contributed by atoms with Gasteiger partial charge in [0.05, 0.1) is 11.4 Å². The highest BCUT2D eigenvalue weighted by molar-refractivity contribution is 5.61. The number of aliphatic imine (C=N–C) groups is 2. The van der Waals surface area contributed by atoms with E-state index in [0.717, 1.165) is 18.4 Å². The zero-order valence-electron chi connectivity index (χ0n) is 16.1. The van der Waals surface area contributed by atoms with Crippen LogP contribution in [-0.4, -0.2) is 12.2 Å². The van der Waals surface area contributed by atoms with Crippen molar-refractivity contribution in [3.8, 4) is 0 Å². The Bertz CT molecular complexity index is 1000. The second-order valence-corrected chi connectivity index (χ2v) is 6.29. The molecule has 0 N–H and O–H groups in total. The Morgan fingerprint density at radius 2 is 1.39 bits per heavy atom. The highest BCUT2D eigenvalue weighted by atomic mass is 16.1. The molecular formula is C24H22N2O2. The number of aryl methyl sites for hydroxylation is 4. The van der Waals surface area contributed by atoms with E-state index in [9.17, 15) is 9.59 Å². The summed E-state index contributed by atoms with van der Waals surface area (Å²) in [6.45, 7) is 3.98. The third-order valence-corrected chi connectivity index (χ3v) is 4.32. The van der Waals surface area contributed by atoms with Crippen LogP contribution in [0.2, 0.25) is 0 Å². The summed E-state index contributed by atoms with van der Waals surface area (Å²) in [5.74, 6) is 0. The quantitative estimate of drug-likeness (QED) is 0.427. The molecule has 0 aromatic heterocycles. The summed E-state index contributed by atoms with van der Waals surface area (Å²) in [4.78, 5) is 26.8. The minimum atomic E-state index is 0.426. The van der Waals surface area contributed by atoms with Gasteiger partial charge >= 0.3 is 0 Å². The average molecular weight is 370 g/mol. The molecule has 0 atom stereocenters. The zero-order valence-corrected chi connectivity index (χ0v) is 16.1. The summed E-state index contributed by atoms with van der Waals surface area (Å²) in [7, 11) is 0. The monoisotopic (exact) mass is 370 g/mol. The molecule has 3 aromatic carbocycles. The van der Waals surface area contributed by atoms with E-state index in [1.807, 2.05) is 0 Å². The van der Waals surface area contributed by atoms with Crippen LogP contribution in [0.3, 0.4) is 0 Å². The van der Waals surface area contributed by atoms with Gasteiger partial charge in [0, 0.05) is 0 Å². The second-order valence-electron chi connectivity index (χ2n) is 6.29. The number of hydrogen-bond donors (Lipinski definition) is 0. The number of rotatable bonds is 5. The average Bonchev–Trinajstić information content (AvgIpc) is 2.72. The maximum absolute atomic E-state index is 10.00. The van der Waals surface area contributed by atoms with Crippen molar-refractivity contribution in [1.29, 1.82) is 0 Å². The maximum atomic E-state index is 10.00. The molecule has 3 rings (SSSR count). The largest absolute Gasteiger partial charge is 0.240 e. The fourth-order valence-corrected chi connectivity index (χ4v) is 2.70. The van der Waals surface area contributed by atoms with E-state index >= 15 is 0 Å². The van der Waals surface area contributed by atoms with Gasteiger partial charge in [0.1, 0.15) is 0 Å². The van der Waals surface area contributed by atoms with Crippen molar-refractivity contribution >= 4 is 23.5 Å². The van der Waals surface area contributed by atoms with E-state index in [1.54, 1.807) is 19.1 Å². The van der Waals surface area contributed by atoms with Crippen molar-refractivity contribution in [2.24, 2.45) is 9.98 Å². The van der Waals surface area contributed by atoms with E-state index in [4.69, 9.17) is 0 Å². The number of nitrogens with zero attached hydrogens (tertiary/aromatic N) is 2. The van der Waals surface area contributed by atoms with Gasteiger partial charge in [-0.2, -0.15) is 9.98 Å².